The summed E-state index contributed by atoms with van der Waals surface area (Å²) in [6, 6.07) is 2.68. The minimum absolute atomic E-state index is 0.0671. The van der Waals surface area contributed by atoms with E-state index in [1.54, 1.807) is 0 Å². The van der Waals surface area contributed by atoms with Crippen molar-refractivity contribution >= 4 is 0 Å². The summed E-state index contributed by atoms with van der Waals surface area (Å²) in [5.74, 6) is 0. The Morgan fingerprint density at radius 3 is 2.35 bits per heavy atom. The van der Waals surface area contributed by atoms with Gasteiger partial charge in [0.1, 0.15) is 0 Å². The summed E-state index contributed by atoms with van der Waals surface area (Å²) in [7, 11) is 0. The molecular formula is C14H26N2O. The van der Waals surface area contributed by atoms with Gasteiger partial charge in [-0.05, 0) is 51.5 Å². The van der Waals surface area contributed by atoms with Crippen LogP contribution in [0, 0.1) is 0 Å². The van der Waals surface area contributed by atoms with E-state index in [2.05, 4.69) is 17.1 Å². The molecule has 3 rings (SSSR count). The van der Waals surface area contributed by atoms with Gasteiger partial charge in [0.15, 0.2) is 0 Å². The normalized spacial score (nSPS) is 45.7. The summed E-state index contributed by atoms with van der Waals surface area (Å²) in [5.41, 5.74) is 0. The topological polar surface area (TPSA) is 35.5 Å². The Morgan fingerprint density at radius 1 is 1.12 bits per heavy atom. The fourth-order valence-corrected chi connectivity index (χ4v) is 4.37. The highest BCUT2D eigenvalue weighted by atomic mass is 16.3. The Labute approximate surface area is 105 Å². The fraction of sp³-hybridized carbons (Fsp3) is 1.00. The van der Waals surface area contributed by atoms with Crippen LogP contribution in [0.25, 0.3) is 0 Å². The summed E-state index contributed by atoms with van der Waals surface area (Å²) in [4.78, 5) is 2.61. The van der Waals surface area contributed by atoms with Crippen LogP contribution < -0.4 is 5.32 Å². The first-order valence-electron chi connectivity index (χ1n) is 7.47. The molecule has 0 radical (unpaired) electrons. The molecule has 1 aliphatic carbocycles. The van der Waals surface area contributed by atoms with E-state index < -0.39 is 0 Å². The molecule has 0 amide bonds. The third-order valence-electron chi connectivity index (χ3n) is 5.15. The van der Waals surface area contributed by atoms with Crippen LogP contribution in [0.4, 0.5) is 0 Å². The molecule has 3 nitrogen and oxygen atoms in total. The SMILES string of the molecule is CCN(C1CC2CCC(C1)N2)C1CCCC1O. The Morgan fingerprint density at radius 2 is 1.82 bits per heavy atom. The number of aliphatic hydroxyl groups excluding tert-OH is 1. The van der Waals surface area contributed by atoms with Gasteiger partial charge in [0.25, 0.3) is 0 Å². The number of hydrogen-bond donors (Lipinski definition) is 2. The van der Waals surface area contributed by atoms with Crippen molar-refractivity contribution in [1.29, 1.82) is 0 Å². The lowest BCUT2D eigenvalue weighted by molar-refractivity contribution is 0.0304. The third kappa shape index (κ3) is 2.25. The van der Waals surface area contributed by atoms with Crippen LogP contribution in [0.2, 0.25) is 0 Å². The maximum Gasteiger partial charge on any atom is 0.0695 e. The summed E-state index contributed by atoms with van der Waals surface area (Å²) in [5, 5.41) is 13.8. The Balaban J connectivity index is 1.68. The summed E-state index contributed by atoms with van der Waals surface area (Å²) in [6.07, 6.45) is 8.69. The molecule has 3 aliphatic rings. The molecule has 0 aromatic carbocycles. The van der Waals surface area contributed by atoms with Gasteiger partial charge in [0, 0.05) is 24.2 Å². The second kappa shape index (κ2) is 4.87. The van der Waals surface area contributed by atoms with Gasteiger partial charge in [-0.1, -0.05) is 6.92 Å². The lowest BCUT2D eigenvalue weighted by atomic mass is 9.96. The molecule has 2 saturated heterocycles. The number of rotatable bonds is 3. The van der Waals surface area contributed by atoms with E-state index in [0.29, 0.717) is 6.04 Å². The minimum Gasteiger partial charge on any atom is -0.391 e. The van der Waals surface area contributed by atoms with E-state index >= 15 is 0 Å². The van der Waals surface area contributed by atoms with Crippen LogP contribution in [-0.2, 0) is 0 Å². The van der Waals surface area contributed by atoms with Gasteiger partial charge in [0.2, 0.25) is 0 Å². The van der Waals surface area contributed by atoms with Gasteiger partial charge in [0.05, 0.1) is 6.10 Å². The molecule has 3 fully saturated rings. The van der Waals surface area contributed by atoms with Crippen molar-refractivity contribution in [3.63, 3.8) is 0 Å². The number of nitrogens with zero attached hydrogens (tertiary/aromatic N) is 1. The first-order chi connectivity index (χ1) is 8.28. The lowest BCUT2D eigenvalue weighted by Gasteiger charge is -2.41. The average molecular weight is 238 g/mol. The second-order valence-corrected chi connectivity index (χ2v) is 6.16. The molecule has 0 spiro atoms. The van der Waals surface area contributed by atoms with Gasteiger partial charge in [-0.15, -0.1) is 0 Å². The Kier molecular flexibility index (Phi) is 3.42. The van der Waals surface area contributed by atoms with Crippen LogP contribution in [0.5, 0.6) is 0 Å². The van der Waals surface area contributed by atoms with E-state index in [-0.39, 0.29) is 6.10 Å². The van der Waals surface area contributed by atoms with E-state index in [1.807, 2.05) is 0 Å². The van der Waals surface area contributed by atoms with E-state index in [9.17, 15) is 5.11 Å². The van der Waals surface area contributed by atoms with Gasteiger partial charge < -0.3 is 10.4 Å². The predicted molar refractivity (Wildman–Crippen MR) is 69.0 cm³/mol. The lowest BCUT2D eigenvalue weighted by Crippen LogP contribution is -2.53. The van der Waals surface area contributed by atoms with Crippen LogP contribution in [-0.4, -0.2) is 46.8 Å². The number of piperidine rings is 1. The number of fused-ring (bicyclic) bond motifs is 2. The molecule has 0 aromatic heterocycles. The zero-order valence-electron chi connectivity index (χ0n) is 10.9. The van der Waals surface area contributed by atoms with Crippen molar-refractivity contribution in [2.45, 2.75) is 82.1 Å². The summed E-state index contributed by atoms with van der Waals surface area (Å²) in [6.45, 7) is 3.36. The monoisotopic (exact) mass is 238 g/mol. The molecule has 4 unspecified atom stereocenters. The molecule has 0 aromatic rings. The highest BCUT2D eigenvalue weighted by Gasteiger charge is 2.40. The third-order valence-corrected chi connectivity index (χ3v) is 5.15. The number of likely N-dealkylation sites (N-methyl/N-ethyl adjacent to an activating group) is 1. The van der Waals surface area contributed by atoms with Gasteiger partial charge in [-0.3, -0.25) is 4.90 Å². The maximum absolute atomic E-state index is 10.1. The number of aliphatic hydroxyl groups is 1. The van der Waals surface area contributed by atoms with E-state index in [4.69, 9.17) is 0 Å². The molecule has 98 valence electrons. The van der Waals surface area contributed by atoms with Crippen molar-refractivity contribution in [3.05, 3.63) is 0 Å². The van der Waals surface area contributed by atoms with Gasteiger partial charge >= 0.3 is 0 Å². The Bertz CT molecular complexity index is 259. The van der Waals surface area contributed by atoms with Crippen molar-refractivity contribution in [2.24, 2.45) is 0 Å². The molecule has 2 N–H and O–H groups in total. The van der Waals surface area contributed by atoms with Crippen molar-refractivity contribution < 1.29 is 5.11 Å². The highest BCUT2D eigenvalue weighted by Crippen LogP contribution is 2.33. The second-order valence-electron chi connectivity index (χ2n) is 6.16. The standard InChI is InChI=1S/C14H26N2O/c1-2-16(13-4-3-5-14(13)17)12-8-10-6-7-11(9-12)15-10/h10-15,17H,2-9H2,1H3. The average Bonchev–Trinajstić information content (AvgIpc) is 2.88. The summed E-state index contributed by atoms with van der Waals surface area (Å²) >= 11 is 0. The van der Waals surface area contributed by atoms with Gasteiger partial charge in [-0.25, -0.2) is 0 Å². The van der Waals surface area contributed by atoms with Crippen LogP contribution in [0.1, 0.15) is 51.9 Å². The predicted octanol–water partition coefficient (Wildman–Crippen LogP) is 1.50. The molecule has 2 aliphatic heterocycles. The fourth-order valence-electron chi connectivity index (χ4n) is 4.37. The van der Waals surface area contributed by atoms with Crippen LogP contribution in [0.3, 0.4) is 0 Å². The molecule has 2 bridgehead atoms. The molecule has 1 saturated carbocycles. The molecular weight excluding hydrogens is 212 g/mol. The first-order valence-corrected chi connectivity index (χ1v) is 7.47. The molecule has 3 heteroatoms. The van der Waals surface area contributed by atoms with Crippen molar-refractivity contribution in [3.8, 4) is 0 Å². The summed E-state index contributed by atoms with van der Waals surface area (Å²) < 4.78 is 0. The minimum atomic E-state index is -0.0671. The van der Waals surface area contributed by atoms with Crippen molar-refractivity contribution in [2.75, 3.05) is 6.54 Å². The molecule has 4 atom stereocenters. The smallest absolute Gasteiger partial charge is 0.0695 e. The van der Waals surface area contributed by atoms with Crippen LogP contribution >= 0.6 is 0 Å². The highest BCUT2D eigenvalue weighted by molar-refractivity contribution is 4.98. The molecule has 2 heterocycles. The van der Waals surface area contributed by atoms with E-state index in [1.165, 1.54) is 38.5 Å². The quantitative estimate of drug-likeness (QED) is 0.782. The van der Waals surface area contributed by atoms with Gasteiger partial charge in [-0.2, -0.15) is 0 Å². The first kappa shape index (κ1) is 11.9. The van der Waals surface area contributed by atoms with Crippen LogP contribution in [0.15, 0.2) is 0 Å². The number of hydrogen-bond acceptors (Lipinski definition) is 3. The largest absolute Gasteiger partial charge is 0.391 e. The molecule has 17 heavy (non-hydrogen) atoms. The maximum atomic E-state index is 10.1. The Hall–Kier alpha value is -0.120. The zero-order chi connectivity index (χ0) is 11.8. The van der Waals surface area contributed by atoms with Crippen molar-refractivity contribution in [1.82, 2.24) is 10.2 Å². The number of nitrogens with one attached hydrogen (secondary N) is 1. The van der Waals surface area contributed by atoms with E-state index in [0.717, 1.165) is 31.1 Å². The zero-order valence-corrected chi connectivity index (χ0v) is 10.9.